The third-order valence-corrected chi connectivity index (χ3v) is 3.53. The highest BCUT2D eigenvalue weighted by molar-refractivity contribution is 5.69. The number of H-pyrrole nitrogens is 2. The van der Waals surface area contributed by atoms with Gasteiger partial charge in [0.05, 0.1) is 0 Å². The highest BCUT2D eigenvalue weighted by Crippen LogP contribution is 2.08. The monoisotopic (exact) mass is 284 g/mol. The van der Waals surface area contributed by atoms with E-state index in [9.17, 15) is 9.59 Å². The zero-order valence-electron chi connectivity index (χ0n) is 11.7. The van der Waals surface area contributed by atoms with Gasteiger partial charge in [-0.3, -0.25) is 14.3 Å². The maximum absolute atomic E-state index is 11.7. The summed E-state index contributed by atoms with van der Waals surface area (Å²) in [5, 5.41) is 0. The van der Waals surface area contributed by atoms with Gasteiger partial charge in [0.2, 0.25) is 0 Å². The lowest BCUT2D eigenvalue weighted by molar-refractivity contribution is 0.781. The molecule has 0 fully saturated rings. The van der Waals surface area contributed by atoms with Crippen LogP contribution in [0.2, 0.25) is 0 Å². The highest BCUT2D eigenvalue weighted by atomic mass is 16.2. The van der Waals surface area contributed by atoms with E-state index >= 15 is 0 Å². The minimum Gasteiger partial charge on any atom is -0.336 e. The lowest BCUT2D eigenvalue weighted by Gasteiger charge is -1.99. The summed E-state index contributed by atoms with van der Waals surface area (Å²) in [6.07, 6.45) is 2.61. The first-order valence-corrected chi connectivity index (χ1v) is 6.87. The first-order valence-electron chi connectivity index (χ1n) is 6.87. The van der Waals surface area contributed by atoms with Gasteiger partial charge in [0.1, 0.15) is 11.3 Å². The summed E-state index contributed by atoms with van der Waals surface area (Å²) < 4.78 is 1.34. The lowest BCUT2D eigenvalue weighted by Crippen LogP contribution is -2.28. The number of imidazole rings is 1. The first kappa shape index (κ1) is 13.4. The summed E-state index contributed by atoms with van der Waals surface area (Å²) in [4.78, 5) is 32.8. The van der Waals surface area contributed by atoms with Crippen molar-refractivity contribution >= 4 is 11.2 Å². The van der Waals surface area contributed by atoms with E-state index in [1.807, 2.05) is 18.2 Å². The van der Waals surface area contributed by atoms with Crippen molar-refractivity contribution in [3.8, 4) is 0 Å². The Morgan fingerprint density at radius 2 is 1.86 bits per heavy atom. The minimum absolute atomic E-state index is 0.354. The molecule has 0 aliphatic rings. The van der Waals surface area contributed by atoms with Gasteiger partial charge >= 0.3 is 5.69 Å². The number of benzene rings is 1. The Kier molecular flexibility index (Phi) is 3.43. The standard InChI is InChI=1S/C15H16N4O2/c1-19-13-12(14(20)18-15(19)21)16-11(17-13)9-5-8-10-6-3-2-4-7-10/h2-4,6-7H,5,8-9H2,1H3,(H,16,17)(H,18,20,21). The Labute approximate surface area is 120 Å². The minimum atomic E-state index is -0.449. The molecule has 21 heavy (non-hydrogen) atoms. The molecular weight excluding hydrogens is 268 g/mol. The number of hydrogen-bond donors (Lipinski definition) is 2. The van der Waals surface area contributed by atoms with Gasteiger partial charge in [0.25, 0.3) is 5.56 Å². The summed E-state index contributed by atoms with van der Waals surface area (Å²) >= 11 is 0. The maximum Gasteiger partial charge on any atom is 0.329 e. The Hall–Kier alpha value is -2.63. The molecule has 0 radical (unpaired) electrons. The van der Waals surface area contributed by atoms with E-state index in [1.54, 1.807) is 7.05 Å². The number of nitrogens with one attached hydrogen (secondary N) is 2. The Morgan fingerprint density at radius 3 is 2.62 bits per heavy atom. The Morgan fingerprint density at radius 1 is 1.10 bits per heavy atom. The predicted molar refractivity (Wildman–Crippen MR) is 80.4 cm³/mol. The summed E-state index contributed by atoms with van der Waals surface area (Å²) in [5.41, 5.74) is 1.16. The summed E-state index contributed by atoms with van der Waals surface area (Å²) in [6.45, 7) is 0. The zero-order chi connectivity index (χ0) is 14.8. The summed E-state index contributed by atoms with van der Waals surface area (Å²) in [5.74, 6) is 0.729. The number of aromatic amines is 2. The molecule has 2 N–H and O–H groups in total. The molecule has 1 aromatic carbocycles. The van der Waals surface area contributed by atoms with Gasteiger partial charge in [-0.1, -0.05) is 30.3 Å². The molecule has 0 atom stereocenters. The fraction of sp³-hybridized carbons (Fsp3) is 0.267. The van der Waals surface area contributed by atoms with E-state index < -0.39 is 11.2 Å². The van der Waals surface area contributed by atoms with E-state index in [0.29, 0.717) is 11.2 Å². The fourth-order valence-corrected chi connectivity index (χ4v) is 2.38. The number of rotatable bonds is 4. The van der Waals surface area contributed by atoms with Crippen LogP contribution >= 0.6 is 0 Å². The highest BCUT2D eigenvalue weighted by Gasteiger charge is 2.10. The quantitative estimate of drug-likeness (QED) is 0.753. The molecule has 2 heterocycles. The SMILES string of the molecule is Cn1c(=O)[nH]c(=O)c2[nH]c(CCCc3ccccc3)nc21. The van der Waals surface area contributed by atoms with E-state index in [4.69, 9.17) is 0 Å². The number of hydrogen-bond acceptors (Lipinski definition) is 3. The molecule has 2 aromatic heterocycles. The molecule has 6 heteroatoms. The van der Waals surface area contributed by atoms with Crippen molar-refractivity contribution in [3.05, 3.63) is 62.6 Å². The normalized spacial score (nSPS) is 11.1. The molecule has 0 aliphatic carbocycles. The third-order valence-electron chi connectivity index (χ3n) is 3.53. The Balaban J connectivity index is 1.79. The molecular formula is C15H16N4O2. The van der Waals surface area contributed by atoms with Gasteiger partial charge in [-0.05, 0) is 18.4 Å². The molecule has 3 aromatic rings. The van der Waals surface area contributed by atoms with Gasteiger partial charge in [0.15, 0.2) is 5.65 Å². The molecule has 0 bridgehead atoms. The summed E-state index contributed by atoms with van der Waals surface area (Å²) in [6, 6.07) is 10.2. The van der Waals surface area contributed by atoms with E-state index in [0.717, 1.165) is 25.1 Å². The second kappa shape index (κ2) is 5.40. The van der Waals surface area contributed by atoms with E-state index in [1.165, 1.54) is 10.1 Å². The van der Waals surface area contributed by atoms with Crippen molar-refractivity contribution in [2.75, 3.05) is 0 Å². The van der Waals surface area contributed by atoms with Crippen molar-refractivity contribution in [1.29, 1.82) is 0 Å². The molecule has 0 saturated carbocycles. The predicted octanol–water partition coefficient (Wildman–Crippen LogP) is 1.13. The van der Waals surface area contributed by atoms with E-state index in [2.05, 4.69) is 27.1 Å². The summed E-state index contributed by atoms with van der Waals surface area (Å²) in [7, 11) is 1.59. The van der Waals surface area contributed by atoms with Gasteiger partial charge in [-0.2, -0.15) is 0 Å². The van der Waals surface area contributed by atoms with Gasteiger partial charge in [0, 0.05) is 13.5 Å². The van der Waals surface area contributed by atoms with E-state index in [-0.39, 0.29) is 0 Å². The molecule has 0 amide bonds. The maximum atomic E-state index is 11.7. The molecule has 3 rings (SSSR count). The second-order valence-corrected chi connectivity index (χ2v) is 5.04. The molecule has 108 valence electrons. The van der Waals surface area contributed by atoms with Gasteiger partial charge < -0.3 is 4.98 Å². The molecule has 0 saturated heterocycles. The van der Waals surface area contributed by atoms with Crippen LogP contribution in [0.3, 0.4) is 0 Å². The molecule has 0 aliphatic heterocycles. The van der Waals surface area contributed by atoms with Crippen LogP contribution < -0.4 is 11.2 Å². The molecule has 0 spiro atoms. The second-order valence-electron chi connectivity index (χ2n) is 5.04. The van der Waals surface area contributed by atoms with Gasteiger partial charge in [-0.25, -0.2) is 9.78 Å². The smallest absolute Gasteiger partial charge is 0.329 e. The number of nitrogens with zero attached hydrogens (tertiary/aromatic N) is 2. The van der Waals surface area contributed by atoms with Crippen molar-refractivity contribution in [1.82, 2.24) is 19.5 Å². The van der Waals surface area contributed by atoms with Crippen LogP contribution in [0.1, 0.15) is 17.8 Å². The van der Waals surface area contributed by atoms with Crippen LogP contribution in [0.25, 0.3) is 11.2 Å². The van der Waals surface area contributed by atoms with Crippen molar-refractivity contribution in [2.45, 2.75) is 19.3 Å². The third kappa shape index (κ3) is 2.65. The number of aryl methyl sites for hydroxylation is 3. The number of fused-ring (bicyclic) bond motifs is 1. The average molecular weight is 284 g/mol. The average Bonchev–Trinajstić information content (AvgIpc) is 2.91. The first-order chi connectivity index (χ1) is 10.1. The largest absolute Gasteiger partial charge is 0.336 e. The lowest BCUT2D eigenvalue weighted by atomic mass is 10.1. The fourth-order valence-electron chi connectivity index (χ4n) is 2.38. The zero-order valence-corrected chi connectivity index (χ0v) is 11.7. The van der Waals surface area contributed by atoms with Crippen molar-refractivity contribution in [2.24, 2.45) is 7.05 Å². The van der Waals surface area contributed by atoms with Crippen molar-refractivity contribution < 1.29 is 0 Å². The van der Waals surface area contributed by atoms with Gasteiger partial charge in [-0.15, -0.1) is 0 Å². The molecule has 0 unspecified atom stereocenters. The Bertz CT molecular complexity index is 874. The van der Waals surface area contributed by atoms with Crippen LogP contribution in [0.5, 0.6) is 0 Å². The van der Waals surface area contributed by atoms with Crippen LogP contribution in [-0.2, 0) is 19.9 Å². The number of aromatic nitrogens is 4. The molecule has 6 nitrogen and oxygen atoms in total. The van der Waals surface area contributed by atoms with Crippen LogP contribution in [-0.4, -0.2) is 19.5 Å². The van der Waals surface area contributed by atoms with Crippen LogP contribution in [0.4, 0.5) is 0 Å². The van der Waals surface area contributed by atoms with Crippen LogP contribution in [0, 0.1) is 0 Å². The topological polar surface area (TPSA) is 83.5 Å². The van der Waals surface area contributed by atoms with Crippen LogP contribution in [0.15, 0.2) is 39.9 Å². The van der Waals surface area contributed by atoms with Crippen molar-refractivity contribution in [3.63, 3.8) is 0 Å².